The zero-order valence-electron chi connectivity index (χ0n) is 17.9. The minimum Gasteiger partial charge on any atom is -0.506 e. The lowest BCUT2D eigenvalue weighted by atomic mass is 10.0. The molecule has 0 unspecified atom stereocenters. The average Bonchev–Trinajstić information content (AvgIpc) is 3.32. The van der Waals surface area contributed by atoms with Crippen molar-refractivity contribution in [3.8, 4) is 22.6 Å². The first-order chi connectivity index (χ1) is 17.1. The second-order valence-electron chi connectivity index (χ2n) is 7.70. The highest BCUT2D eigenvalue weighted by Crippen LogP contribution is 2.33. The number of aromatic nitrogens is 2. The third-order valence-corrected chi connectivity index (χ3v) is 6.68. The topological polar surface area (TPSA) is 114 Å². The number of hydrogen-bond donors (Lipinski definition) is 2. The van der Waals surface area contributed by atoms with Crippen LogP contribution in [0.15, 0.2) is 87.2 Å². The summed E-state index contributed by atoms with van der Waals surface area (Å²) >= 11 is 0. The van der Waals surface area contributed by atoms with Crippen molar-refractivity contribution in [1.82, 2.24) is 9.72 Å². The Morgan fingerprint density at radius 3 is 2.36 bits per heavy atom. The summed E-state index contributed by atoms with van der Waals surface area (Å²) in [5.74, 6) is -3.38. The molecule has 3 aromatic carbocycles. The Morgan fingerprint density at radius 1 is 0.917 bits per heavy atom. The van der Waals surface area contributed by atoms with Gasteiger partial charge in [-0.1, -0.05) is 5.16 Å². The molecule has 0 atom stereocenters. The van der Waals surface area contributed by atoms with Gasteiger partial charge in [0.1, 0.15) is 29.5 Å². The zero-order chi connectivity index (χ0) is 25.6. The summed E-state index contributed by atoms with van der Waals surface area (Å²) in [5.41, 5.74) is -1.15. The monoisotopic (exact) mass is 513 g/mol. The Bertz CT molecular complexity index is 1780. The molecule has 0 saturated heterocycles. The molecule has 36 heavy (non-hydrogen) atoms. The Hall–Kier alpha value is -4.58. The van der Waals surface area contributed by atoms with Gasteiger partial charge in [0.15, 0.2) is 5.82 Å². The molecule has 0 bridgehead atoms. The molecular formula is C24H14F3N3O5S. The lowest BCUT2D eigenvalue weighted by Crippen LogP contribution is -2.18. The van der Waals surface area contributed by atoms with E-state index in [-0.39, 0.29) is 38.4 Å². The number of phenols is 1. The van der Waals surface area contributed by atoms with Crippen molar-refractivity contribution >= 4 is 26.7 Å². The molecule has 0 aliphatic carbocycles. The quantitative estimate of drug-likeness (QED) is 0.356. The molecule has 2 heterocycles. The average molecular weight is 513 g/mol. The Morgan fingerprint density at radius 2 is 1.67 bits per heavy atom. The highest BCUT2D eigenvalue weighted by molar-refractivity contribution is 7.92. The van der Waals surface area contributed by atoms with Crippen LogP contribution in [0.3, 0.4) is 0 Å². The number of halogens is 3. The van der Waals surface area contributed by atoms with Gasteiger partial charge in [0, 0.05) is 35.2 Å². The van der Waals surface area contributed by atoms with E-state index in [9.17, 15) is 27.1 Å². The number of rotatable bonds is 5. The molecule has 5 rings (SSSR count). The summed E-state index contributed by atoms with van der Waals surface area (Å²) in [6, 6.07) is 11.9. The van der Waals surface area contributed by atoms with Gasteiger partial charge >= 0.3 is 0 Å². The molecule has 5 aromatic rings. The summed E-state index contributed by atoms with van der Waals surface area (Å²) in [7, 11) is -4.05. The highest BCUT2D eigenvalue weighted by Gasteiger charge is 2.19. The maximum atomic E-state index is 15.0. The van der Waals surface area contributed by atoms with E-state index in [0.29, 0.717) is 6.07 Å². The second kappa shape index (κ2) is 8.57. The lowest BCUT2D eigenvalue weighted by molar-refractivity contribution is 0.423. The van der Waals surface area contributed by atoms with Crippen LogP contribution in [0, 0.1) is 17.5 Å². The van der Waals surface area contributed by atoms with Crippen LogP contribution in [0.4, 0.5) is 19.0 Å². The largest absolute Gasteiger partial charge is 0.506 e. The van der Waals surface area contributed by atoms with E-state index in [0.717, 1.165) is 34.9 Å². The predicted molar refractivity (Wildman–Crippen MR) is 124 cm³/mol. The van der Waals surface area contributed by atoms with Crippen molar-refractivity contribution in [2.75, 3.05) is 4.72 Å². The van der Waals surface area contributed by atoms with Crippen molar-refractivity contribution < 1.29 is 31.2 Å². The fourth-order valence-corrected chi connectivity index (χ4v) is 4.79. The van der Waals surface area contributed by atoms with E-state index in [4.69, 9.17) is 0 Å². The molecule has 0 saturated carbocycles. The van der Waals surface area contributed by atoms with Crippen molar-refractivity contribution in [3.63, 3.8) is 0 Å². The highest BCUT2D eigenvalue weighted by atomic mass is 32.2. The number of benzene rings is 3. The van der Waals surface area contributed by atoms with Gasteiger partial charge in [-0.3, -0.25) is 14.1 Å². The third-order valence-electron chi connectivity index (χ3n) is 5.33. The Balaban J connectivity index is 1.62. The number of anilines is 1. The summed E-state index contributed by atoms with van der Waals surface area (Å²) in [4.78, 5) is 12.6. The van der Waals surface area contributed by atoms with Crippen LogP contribution in [0.1, 0.15) is 0 Å². The molecule has 2 aromatic heterocycles. The first-order valence-electron chi connectivity index (χ1n) is 10.2. The number of nitrogens with one attached hydrogen (secondary N) is 1. The van der Waals surface area contributed by atoms with Crippen LogP contribution >= 0.6 is 0 Å². The summed E-state index contributed by atoms with van der Waals surface area (Å²) < 4.78 is 75.4. The number of fused-ring (bicyclic) bond motifs is 1. The zero-order valence-corrected chi connectivity index (χ0v) is 18.8. The van der Waals surface area contributed by atoms with E-state index < -0.39 is 38.8 Å². The van der Waals surface area contributed by atoms with Gasteiger partial charge in [-0.15, -0.1) is 0 Å². The molecule has 8 nitrogen and oxygen atoms in total. The van der Waals surface area contributed by atoms with Gasteiger partial charge in [0.2, 0.25) is 0 Å². The van der Waals surface area contributed by atoms with E-state index >= 15 is 4.39 Å². The van der Waals surface area contributed by atoms with Crippen molar-refractivity contribution in [2.45, 2.75) is 4.90 Å². The maximum Gasteiger partial charge on any atom is 0.263 e. The van der Waals surface area contributed by atoms with Crippen molar-refractivity contribution in [2.24, 2.45) is 0 Å². The van der Waals surface area contributed by atoms with E-state index in [1.54, 1.807) is 0 Å². The molecule has 0 amide bonds. The molecule has 0 spiro atoms. The van der Waals surface area contributed by atoms with E-state index in [2.05, 4.69) is 14.4 Å². The van der Waals surface area contributed by atoms with Crippen LogP contribution in [0.2, 0.25) is 0 Å². The fraction of sp³-hybridized carbons (Fsp3) is 0. The Labute approximate surface area is 200 Å². The van der Waals surface area contributed by atoms with Crippen LogP contribution in [-0.4, -0.2) is 23.2 Å². The van der Waals surface area contributed by atoms with Gasteiger partial charge in [0.25, 0.3) is 15.6 Å². The molecule has 0 aliphatic rings. The molecule has 182 valence electrons. The van der Waals surface area contributed by atoms with Crippen LogP contribution in [0.5, 0.6) is 5.75 Å². The SMILES string of the molecule is O=c1ccc2cc(S(=O)(=O)Nc3ccon3)ccc2n1-c1cc(F)c(-c2cc(F)cc(F)c2)cc1O. The molecule has 0 radical (unpaired) electrons. The second-order valence-corrected chi connectivity index (χ2v) is 9.38. The first-order valence-corrected chi connectivity index (χ1v) is 11.7. The number of hydrogen-bond acceptors (Lipinski definition) is 6. The predicted octanol–water partition coefficient (Wildman–Crippen LogP) is 4.57. The number of pyridine rings is 1. The molecular weight excluding hydrogens is 499 g/mol. The number of sulfonamides is 1. The smallest absolute Gasteiger partial charge is 0.263 e. The summed E-state index contributed by atoms with van der Waals surface area (Å²) in [6.45, 7) is 0. The number of aromatic hydroxyl groups is 1. The van der Waals surface area contributed by atoms with Crippen LogP contribution in [-0.2, 0) is 10.0 Å². The third kappa shape index (κ3) is 4.18. The van der Waals surface area contributed by atoms with Gasteiger partial charge in [-0.2, -0.15) is 0 Å². The first kappa shape index (κ1) is 23.2. The maximum absolute atomic E-state index is 15.0. The Kier molecular flexibility index (Phi) is 5.52. The molecule has 2 N–H and O–H groups in total. The van der Waals surface area contributed by atoms with Crippen LogP contribution in [0.25, 0.3) is 27.7 Å². The molecule has 12 heteroatoms. The lowest BCUT2D eigenvalue weighted by Gasteiger charge is -2.15. The van der Waals surface area contributed by atoms with Gasteiger partial charge in [-0.05, 0) is 48.0 Å². The number of nitrogens with zero attached hydrogens (tertiary/aromatic N) is 2. The minimum absolute atomic E-state index is 0.0290. The summed E-state index contributed by atoms with van der Waals surface area (Å²) in [6.07, 6.45) is 1.19. The van der Waals surface area contributed by atoms with Gasteiger partial charge in [-0.25, -0.2) is 21.6 Å². The van der Waals surface area contributed by atoms with Crippen molar-refractivity contribution in [3.05, 3.63) is 101 Å². The fourth-order valence-electron chi connectivity index (χ4n) is 3.76. The van der Waals surface area contributed by atoms with E-state index in [1.807, 2.05) is 0 Å². The minimum atomic E-state index is -4.05. The van der Waals surface area contributed by atoms with Gasteiger partial charge in [0.05, 0.1) is 16.1 Å². The van der Waals surface area contributed by atoms with Crippen LogP contribution < -0.4 is 10.3 Å². The summed E-state index contributed by atoms with van der Waals surface area (Å²) in [5, 5.41) is 14.4. The van der Waals surface area contributed by atoms with Crippen molar-refractivity contribution in [1.29, 1.82) is 0 Å². The standard InChI is InChI=1S/C24H14F3N3O5S/c25-15-7-14(8-16(26)10-15)18-11-22(31)21(12-19(18)27)30-20-3-2-17(9-13(20)1-4-24(30)32)36(33,34)29-23-5-6-35-28-23/h1-12,31H,(H,28,29). The molecule has 0 fully saturated rings. The van der Waals surface area contributed by atoms with E-state index in [1.165, 1.54) is 36.6 Å². The normalized spacial score (nSPS) is 11.6. The molecule has 0 aliphatic heterocycles. The number of phenolic OH excluding ortho intramolecular Hbond substituents is 1. The van der Waals surface area contributed by atoms with Gasteiger partial charge < -0.3 is 9.63 Å².